The molecule has 0 amide bonds. The van der Waals surface area contributed by atoms with E-state index in [0.29, 0.717) is 24.1 Å². The van der Waals surface area contributed by atoms with Crippen molar-refractivity contribution in [3.05, 3.63) is 64.7 Å². The number of aromatic amines is 1. The first-order valence-electron chi connectivity index (χ1n) is 17.2. The largest absolute Gasteiger partial charge is 0.465 e. The number of nitrogen functional groups attached to an aromatic ring is 1. The molecule has 1 aromatic carbocycles. The lowest BCUT2D eigenvalue weighted by atomic mass is 10.0. The molecule has 0 saturated heterocycles. The van der Waals surface area contributed by atoms with Crippen LogP contribution in [0.1, 0.15) is 115 Å². The third kappa shape index (κ3) is 10.3. The molecule has 250 valence electrons. The molecule has 0 aliphatic heterocycles. The minimum Gasteiger partial charge on any atom is -0.465 e. The van der Waals surface area contributed by atoms with Crippen LogP contribution in [-0.4, -0.2) is 44.2 Å². The van der Waals surface area contributed by atoms with Crippen molar-refractivity contribution in [3.8, 4) is 0 Å². The summed E-state index contributed by atoms with van der Waals surface area (Å²) in [4.78, 5) is 49.0. The molecule has 0 bridgehead atoms. The second kappa shape index (κ2) is 18.3. The van der Waals surface area contributed by atoms with Crippen molar-refractivity contribution >= 4 is 29.1 Å². The fraction of sp³-hybridized carbons (Fsp3) is 0.583. The SMILES string of the molecule is C=C1C(COC(=O)Cc2ccccc2)C(OC(=O)CCCCCCCCCCCCCCC)CC1n1cnc2c(=O)[nH]c(N)nc21. The van der Waals surface area contributed by atoms with Gasteiger partial charge < -0.3 is 19.8 Å². The van der Waals surface area contributed by atoms with Crippen molar-refractivity contribution in [2.75, 3.05) is 12.3 Å². The molecule has 3 atom stereocenters. The molecule has 1 aliphatic carbocycles. The van der Waals surface area contributed by atoms with Gasteiger partial charge in [-0.15, -0.1) is 0 Å². The number of hydrogen-bond donors (Lipinski definition) is 2. The number of aromatic nitrogens is 4. The highest BCUT2D eigenvalue weighted by atomic mass is 16.6. The fourth-order valence-corrected chi connectivity index (χ4v) is 6.34. The maximum absolute atomic E-state index is 13.0. The lowest BCUT2D eigenvalue weighted by Gasteiger charge is -2.20. The first kappa shape index (κ1) is 34.9. The summed E-state index contributed by atoms with van der Waals surface area (Å²) in [5.41, 5.74) is 7.44. The fourth-order valence-electron chi connectivity index (χ4n) is 6.34. The number of nitrogens with one attached hydrogen (secondary N) is 1. The molecule has 4 rings (SSSR count). The minimum atomic E-state index is -0.548. The van der Waals surface area contributed by atoms with Crippen molar-refractivity contribution in [2.45, 2.75) is 122 Å². The summed E-state index contributed by atoms with van der Waals surface area (Å²) in [5, 5.41) is 0. The van der Waals surface area contributed by atoms with Gasteiger partial charge in [0.25, 0.3) is 5.56 Å². The quantitative estimate of drug-likeness (QED) is 0.0770. The number of H-pyrrole nitrogens is 1. The van der Waals surface area contributed by atoms with E-state index >= 15 is 0 Å². The number of carbonyl (C=O) groups is 2. The number of imidazole rings is 1. The molecule has 1 saturated carbocycles. The minimum absolute atomic E-state index is 0.0185. The first-order valence-corrected chi connectivity index (χ1v) is 17.2. The number of hydrogen-bond acceptors (Lipinski definition) is 8. The van der Waals surface area contributed by atoms with Gasteiger partial charge in [-0.2, -0.15) is 4.98 Å². The van der Waals surface area contributed by atoms with Gasteiger partial charge in [0, 0.05) is 12.8 Å². The van der Waals surface area contributed by atoms with E-state index in [1.807, 2.05) is 30.3 Å². The Morgan fingerprint density at radius 2 is 1.59 bits per heavy atom. The number of nitrogens with zero attached hydrogens (tertiary/aromatic N) is 3. The maximum Gasteiger partial charge on any atom is 0.310 e. The Hall–Kier alpha value is -3.95. The predicted molar refractivity (Wildman–Crippen MR) is 180 cm³/mol. The third-order valence-corrected chi connectivity index (χ3v) is 8.98. The number of anilines is 1. The van der Waals surface area contributed by atoms with Crippen molar-refractivity contribution in [1.82, 2.24) is 19.5 Å². The zero-order chi connectivity index (χ0) is 32.7. The van der Waals surface area contributed by atoms with Gasteiger partial charge in [-0.05, 0) is 17.6 Å². The van der Waals surface area contributed by atoms with Crippen molar-refractivity contribution in [1.29, 1.82) is 0 Å². The monoisotopic (exact) mass is 633 g/mol. The average molecular weight is 634 g/mol. The molecular formula is C36H51N5O5. The van der Waals surface area contributed by atoms with Gasteiger partial charge in [0.1, 0.15) is 12.7 Å². The molecule has 1 fully saturated rings. The molecule has 10 nitrogen and oxygen atoms in total. The van der Waals surface area contributed by atoms with E-state index in [2.05, 4.69) is 28.5 Å². The highest BCUT2D eigenvalue weighted by Gasteiger charge is 2.42. The van der Waals surface area contributed by atoms with Crippen LogP contribution in [0.3, 0.4) is 0 Å². The van der Waals surface area contributed by atoms with Gasteiger partial charge in [-0.1, -0.05) is 121 Å². The van der Waals surface area contributed by atoms with Gasteiger partial charge >= 0.3 is 11.9 Å². The van der Waals surface area contributed by atoms with Gasteiger partial charge in [0.15, 0.2) is 11.2 Å². The summed E-state index contributed by atoms with van der Waals surface area (Å²) in [7, 11) is 0. The highest BCUT2D eigenvalue weighted by molar-refractivity contribution is 5.73. The zero-order valence-corrected chi connectivity index (χ0v) is 27.4. The van der Waals surface area contributed by atoms with E-state index in [1.54, 1.807) is 4.57 Å². The number of unbranched alkanes of at least 4 members (excludes halogenated alkanes) is 12. The normalized spacial score (nSPS) is 17.8. The summed E-state index contributed by atoms with van der Waals surface area (Å²) in [6, 6.07) is 9.02. The molecule has 0 radical (unpaired) electrons. The lowest BCUT2D eigenvalue weighted by molar-refractivity contribution is -0.153. The number of carbonyl (C=O) groups excluding carboxylic acids is 2. The van der Waals surface area contributed by atoms with E-state index in [-0.39, 0.29) is 42.5 Å². The van der Waals surface area contributed by atoms with E-state index in [0.717, 1.165) is 24.8 Å². The van der Waals surface area contributed by atoms with Crippen LogP contribution >= 0.6 is 0 Å². The Kier molecular flexibility index (Phi) is 13.9. The van der Waals surface area contributed by atoms with Crippen LogP contribution < -0.4 is 11.3 Å². The smallest absolute Gasteiger partial charge is 0.310 e. The van der Waals surface area contributed by atoms with Crippen LogP contribution in [0.15, 0.2) is 53.6 Å². The Labute approximate surface area is 272 Å². The molecule has 3 aromatic rings. The second-order valence-electron chi connectivity index (χ2n) is 12.6. The molecule has 3 unspecified atom stereocenters. The molecular weight excluding hydrogens is 582 g/mol. The van der Waals surface area contributed by atoms with E-state index in [4.69, 9.17) is 15.2 Å². The number of ether oxygens (including phenoxy) is 2. The van der Waals surface area contributed by atoms with Crippen molar-refractivity contribution in [3.63, 3.8) is 0 Å². The van der Waals surface area contributed by atoms with E-state index < -0.39 is 17.6 Å². The summed E-state index contributed by atoms with van der Waals surface area (Å²) in [6.45, 7) is 6.59. The lowest BCUT2D eigenvalue weighted by Crippen LogP contribution is -2.27. The summed E-state index contributed by atoms with van der Waals surface area (Å²) in [5.74, 6) is -1.07. The number of benzene rings is 1. The van der Waals surface area contributed by atoms with Gasteiger partial charge in [-0.25, -0.2) is 4.98 Å². The van der Waals surface area contributed by atoms with E-state index in [1.165, 1.54) is 70.5 Å². The van der Waals surface area contributed by atoms with Crippen LogP contribution in [0, 0.1) is 5.92 Å². The summed E-state index contributed by atoms with van der Waals surface area (Å²) < 4.78 is 13.4. The molecule has 2 aromatic heterocycles. The van der Waals surface area contributed by atoms with Gasteiger partial charge in [-0.3, -0.25) is 19.4 Å². The van der Waals surface area contributed by atoms with Gasteiger partial charge in [0.05, 0.1) is 24.7 Å². The zero-order valence-electron chi connectivity index (χ0n) is 27.4. The van der Waals surface area contributed by atoms with Crippen molar-refractivity contribution in [2.24, 2.45) is 5.92 Å². The van der Waals surface area contributed by atoms with Crippen LogP contribution in [0.4, 0.5) is 5.95 Å². The topological polar surface area (TPSA) is 142 Å². The summed E-state index contributed by atoms with van der Waals surface area (Å²) in [6.07, 6.45) is 17.9. The molecule has 10 heteroatoms. The second-order valence-corrected chi connectivity index (χ2v) is 12.6. The Morgan fingerprint density at radius 1 is 0.957 bits per heavy atom. The first-order chi connectivity index (χ1) is 22.4. The Morgan fingerprint density at radius 3 is 2.24 bits per heavy atom. The molecule has 0 spiro atoms. The van der Waals surface area contributed by atoms with E-state index in [9.17, 15) is 14.4 Å². The van der Waals surface area contributed by atoms with Crippen LogP contribution in [0.5, 0.6) is 0 Å². The third-order valence-electron chi connectivity index (χ3n) is 8.98. The Balaban J connectivity index is 1.27. The number of fused-ring (bicyclic) bond motifs is 1. The summed E-state index contributed by atoms with van der Waals surface area (Å²) >= 11 is 0. The molecule has 2 heterocycles. The highest BCUT2D eigenvalue weighted by Crippen LogP contribution is 2.42. The molecule has 46 heavy (non-hydrogen) atoms. The number of nitrogens with two attached hydrogens (primary N) is 1. The van der Waals surface area contributed by atoms with Crippen molar-refractivity contribution < 1.29 is 19.1 Å². The number of esters is 2. The van der Waals surface area contributed by atoms with Crippen LogP contribution in [0.2, 0.25) is 0 Å². The average Bonchev–Trinajstić information content (AvgIpc) is 3.59. The molecule has 1 aliphatic rings. The standard InChI is InChI=1S/C36H51N5O5/c1-3-4-5-6-7-8-9-10-11-12-13-14-18-21-31(42)46-30-23-29(41-25-38-33-34(41)39-36(37)40-35(33)44)26(2)28(30)24-45-32(43)22-27-19-16-15-17-20-27/h15-17,19-20,25,28-30H,2-14,18,21-24H2,1H3,(H3,37,39,40,44). The Bertz CT molecular complexity index is 1470. The van der Waals surface area contributed by atoms with Crippen LogP contribution in [-0.2, 0) is 25.5 Å². The van der Waals surface area contributed by atoms with Gasteiger partial charge in [0.2, 0.25) is 5.95 Å². The predicted octanol–water partition coefficient (Wildman–Crippen LogP) is 7.00. The molecule has 3 N–H and O–H groups in total. The number of rotatable bonds is 20. The van der Waals surface area contributed by atoms with Crippen LogP contribution in [0.25, 0.3) is 11.2 Å². The maximum atomic E-state index is 13.0.